The molecule has 2 unspecified atom stereocenters. The Hall–Kier alpha value is -1.39. The van der Waals surface area contributed by atoms with Gasteiger partial charge in [0.1, 0.15) is 5.54 Å². The Morgan fingerprint density at radius 1 is 1.44 bits per heavy atom. The van der Waals surface area contributed by atoms with Crippen LogP contribution in [0.3, 0.4) is 0 Å². The molecule has 3 rings (SSSR count). The van der Waals surface area contributed by atoms with Crippen molar-refractivity contribution < 1.29 is 9.90 Å². The normalized spacial score (nSPS) is 31.4. The number of nitrogens with zero attached hydrogens (tertiary/aromatic N) is 1. The summed E-state index contributed by atoms with van der Waals surface area (Å²) < 4.78 is 0. The highest BCUT2D eigenvalue weighted by Crippen LogP contribution is 2.33. The van der Waals surface area contributed by atoms with E-state index in [1.165, 1.54) is 5.56 Å². The molecule has 4 nitrogen and oxygen atoms in total. The van der Waals surface area contributed by atoms with Gasteiger partial charge in [0.15, 0.2) is 0 Å². The van der Waals surface area contributed by atoms with Crippen molar-refractivity contribution in [2.24, 2.45) is 0 Å². The molecule has 0 aliphatic carbocycles. The molecule has 0 aromatic heterocycles. The molecule has 0 radical (unpaired) electrons. The van der Waals surface area contributed by atoms with Crippen LogP contribution in [0, 0.1) is 0 Å². The molecular formula is C14H18N2O2. The van der Waals surface area contributed by atoms with Gasteiger partial charge >= 0.3 is 5.97 Å². The maximum Gasteiger partial charge on any atom is 0.324 e. The summed E-state index contributed by atoms with van der Waals surface area (Å²) in [6, 6.07) is 10.7. The standard InChI is InChI=1S/C14H18N2O2/c17-13(18)14-6-7-16(12(8-14)9-15-14)10-11-4-2-1-3-5-11/h1-5,12,15H,6-10H2,(H,17,18). The lowest BCUT2D eigenvalue weighted by atomic mass is 9.87. The number of carbonyl (C=O) groups is 1. The minimum Gasteiger partial charge on any atom is -0.480 e. The second-order valence-electron chi connectivity index (χ2n) is 5.33. The number of rotatable bonds is 3. The highest BCUT2D eigenvalue weighted by Gasteiger charge is 2.50. The van der Waals surface area contributed by atoms with E-state index in [0.29, 0.717) is 12.5 Å². The predicted octanol–water partition coefficient (Wildman–Crippen LogP) is 1.08. The van der Waals surface area contributed by atoms with Gasteiger partial charge in [-0.3, -0.25) is 9.69 Å². The van der Waals surface area contributed by atoms with Crippen LogP contribution in [-0.2, 0) is 11.3 Å². The van der Waals surface area contributed by atoms with E-state index in [2.05, 4.69) is 22.3 Å². The second kappa shape index (κ2) is 4.37. The average molecular weight is 246 g/mol. The van der Waals surface area contributed by atoms with Crippen molar-refractivity contribution in [2.45, 2.75) is 31.0 Å². The van der Waals surface area contributed by atoms with Crippen LogP contribution in [0.1, 0.15) is 18.4 Å². The van der Waals surface area contributed by atoms with Gasteiger partial charge in [0, 0.05) is 25.7 Å². The molecule has 4 heteroatoms. The van der Waals surface area contributed by atoms with Crippen molar-refractivity contribution in [3.8, 4) is 0 Å². The Morgan fingerprint density at radius 2 is 2.22 bits per heavy atom. The summed E-state index contributed by atoms with van der Waals surface area (Å²) in [7, 11) is 0. The van der Waals surface area contributed by atoms with Crippen LogP contribution in [0.15, 0.2) is 30.3 Å². The quantitative estimate of drug-likeness (QED) is 0.838. The lowest BCUT2D eigenvalue weighted by Crippen LogP contribution is -2.52. The highest BCUT2D eigenvalue weighted by molar-refractivity contribution is 5.79. The van der Waals surface area contributed by atoms with Crippen LogP contribution >= 0.6 is 0 Å². The first-order chi connectivity index (χ1) is 8.70. The first-order valence-electron chi connectivity index (χ1n) is 6.46. The molecule has 2 atom stereocenters. The van der Waals surface area contributed by atoms with Crippen LogP contribution in [0.25, 0.3) is 0 Å². The Kier molecular flexibility index (Phi) is 2.84. The van der Waals surface area contributed by atoms with Gasteiger partial charge in [0.05, 0.1) is 0 Å². The molecule has 2 bridgehead atoms. The van der Waals surface area contributed by atoms with Gasteiger partial charge in [0.2, 0.25) is 0 Å². The zero-order valence-electron chi connectivity index (χ0n) is 10.3. The third-order valence-corrected chi connectivity index (χ3v) is 4.24. The molecule has 0 spiro atoms. The molecule has 2 aliphatic rings. The van der Waals surface area contributed by atoms with Crippen molar-refractivity contribution in [3.63, 3.8) is 0 Å². The third-order valence-electron chi connectivity index (χ3n) is 4.24. The number of aliphatic carboxylic acids is 1. The van der Waals surface area contributed by atoms with Crippen LogP contribution in [-0.4, -0.2) is 40.6 Å². The number of likely N-dealkylation sites (tertiary alicyclic amines) is 1. The number of carboxylic acid groups (broad SMARTS) is 1. The summed E-state index contributed by atoms with van der Waals surface area (Å²) in [4.78, 5) is 13.7. The number of benzene rings is 1. The maximum absolute atomic E-state index is 11.3. The van der Waals surface area contributed by atoms with E-state index in [-0.39, 0.29) is 0 Å². The molecule has 2 N–H and O–H groups in total. The first-order valence-corrected chi connectivity index (χ1v) is 6.46. The fourth-order valence-corrected chi connectivity index (χ4v) is 3.12. The number of piperidine rings is 1. The SMILES string of the molecule is O=C(O)C12CCN(Cc3ccccc3)C(CN1)C2. The predicted molar refractivity (Wildman–Crippen MR) is 68.2 cm³/mol. The summed E-state index contributed by atoms with van der Waals surface area (Å²) in [5.74, 6) is -0.690. The van der Waals surface area contributed by atoms with E-state index in [1.807, 2.05) is 18.2 Å². The number of nitrogens with one attached hydrogen (secondary N) is 1. The highest BCUT2D eigenvalue weighted by atomic mass is 16.4. The monoisotopic (exact) mass is 246 g/mol. The van der Waals surface area contributed by atoms with E-state index in [9.17, 15) is 9.90 Å². The first kappa shape index (κ1) is 11.7. The molecule has 1 aromatic rings. The number of fused-ring (bicyclic) bond motifs is 2. The van der Waals surface area contributed by atoms with Gasteiger partial charge < -0.3 is 10.4 Å². The van der Waals surface area contributed by atoms with Crippen molar-refractivity contribution in [1.82, 2.24) is 10.2 Å². The van der Waals surface area contributed by atoms with Crippen molar-refractivity contribution in [2.75, 3.05) is 13.1 Å². The molecule has 2 saturated heterocycles. The number of hydrogen-bond donors (Lipinski definition) is 2. The molecule has 18 heavy (non-hydrogen) atoms. The smallest absolute Gasteiger partial charge is 0.324 e. The summed E-state index contributed by atoms with van der Waals surface area (Å²) >= 11 is 0. The van der Waals surface area contributed by atoms with Crippen molar-refractivity contribution >= 4 is 5.97 Å². The van der Waals surface area contributed by atoms with Gasteiger partial charge in [-0.2, -0.15) is 0 Å². The minimum atomic E-state index is -0.690. The fourth-order valence-electron chi connectivity index (χ4n) is 3.12. The molecule has 1 aromatic carbocycles. The van der Waals surface area contributed by atoms with E-state index >= 15 is 0 Å². The fraction of sp³-hybridized carbons (Fsp3) is 0.500. The number of carboxylic acids is 1. The van der Waals surface area contributed by atoms with Crippen molar-refractivity contribution in [3.05, 3.63) is 35.9 Å². The third kappa shape index (κ3) is 1.91. The Balaban J connectivity index is 1.70. The molecule has 2 aliphatic heterocycles. The average Bonchev–Trinajstić information content (AvgIpc) is 2.75. The molecule has 2 fully saturated rings. The van der Waals surface area contributed by atoms with Gasteiger partial charge in [-0.1, -0.05) is 30.3 Å². The van der Waals surface area contributed by atoms with Gasteiger partial charge in [-0.15, -0.1) is 0 Å². The summed E-state index contributed by atoms with van der Waals surface area (Å²) in [5.41, 5.74) is 0.643. The molecule has 2 heterocycles. The largest absolute Gasteiger partial charge is 0.480 e. The molecule has 0 saturated carbocycles. The minimum absolute atomic E-state index is 0.357. The zero-order chi connectivity index (χ0) is 12.6. The zero-order valence-corrected chi connectivity index (χ0v) is 10.3. The number of hydrogen-bond acceptors (Lipinski definition) is 3. The summed E-state index contributed by atoms with van der Waals surface area (Å²) in [6.45, 7) is 2.57. The summed E-state index contributed by atoms with van der Waals surface area (Å²) in [5, 5.41) is 12.5. The van der Waals surface area contributed by atoms with E-state index < -0.39 is 11.5 Å². The Bertz CT molecular complexity index is 448. The van der Waals surface area contributed by atoms with Crippen LogP contribution in [0.2, 0.25) is 0 Å². The lowest BCUT2D eigenvalue weighted by molar-refractivity contribution is -0.145. The topological polar surface area (TPSA) is 52.6 Å². The molecule has 96 valence electrons. The Morgan fingerprint density at radius 3 is 2.94 bits per heavy atom. The second-order valence-corrected chi connectivity index (χ2v) is 5.33. The summed E-state index contributed by atoms with van der Waals surface area (Å²) in [6.07, 6.45) is 1.43. The Labute approximate surface area is 107 Å². The van der Waals surface area contributed by atoms with E-state index in [1.54, 1.807) is 0 Å². The van der Waals surface area contributed by atoms with Crippen LogP contribution in [0.4, 0.5) is 0 Å². The van der Waals surface area contributed by atoms with Gasteiger partial charge in [-0.25, -0.2) is 0 Å². The van der Waals surface area contributed by atoms with E-state index in [4.69, 9.17) is 0 Å². The van der Waals surface area contributed by atoms with Crippen LogP contribution in [0.5, 0.6) is 0 Å². The lowest BCUT2D eigenvalue weighted by Gasteiger charge is -2.36. The molecular weight excluding hydrogens is 228 g/mol. The van der Waals surface area contributed by atoms with Gasteiger partial charge in [-0.05, 0) is 18.4 Å². The molecule has 0 amide bonds. The van der Waals surface area contributed by atoms with E-state index in [0.717, 1.165) is 26.1 Å². The van der Waals surface area contributed by atoms with Crippen molar-refractivity contribution in [1.29, 1.82) is 0 Å². The van der Waals surface area contributed by atoms with Crippen LogP contribution < -0.4 is 5.32 Å². The van der Waals surface area contributed by atoms with Gasteiger partial charge in [0.25, 0.3) is 0 Å². The maximum atomic E-state index is 11.3.